The maximum absolute atomic E-state index is 12.0. The minimum absolute atomic E-state index is 0.0202. The fourth-order valence-electron chi connectivity index (χ4n) is 2.29. The van der Waals surface area contributed by atoms with Gasteiger partial charge in [-0.25, -0.2) is 0 Å². The molecule has 0 radical (unpaired) electrons. The number of amides is 2. The minimum Gasteiger partial charge on any atom is -0.483 e. The molecule has 0 fully saturated rings. The molecule has 132 valence electrons. The largest absolute Gasteiger partial charge is 0.483 e. The first-order valence-electron chi connectivity index (χ1n) is 8.46. The zero-order valence-electron chi connectivity index (χ0n) is 14.7. The second-order valence-electron chi connectivity index (χ2n) is 5.83. The Morgan fingerprint density at radius 2 is 1.64 bits per heavy atom. The molecule has 0 aliphatic heterocycles. The molecule has 0 spiro atoms. The number of rotatable bonds is 8. The summed E-state index contributed by atoms with van der Waals surface area (Å²) in [6.07, 6.45) is 2.33. The molecule has 5 heteroatoms. The summed E-state index contributed by atoms with van der Waals surface area (Å²) in [6.45, 7) is 3.90. The molecule has 2 amide bonds. The quantitative estimate of drug-likeness (QED) is 0.759. The van der Waals surface area contributed by atoms with E-state index >= 15 is 0 Å². The lowest BCUT2D eigenvalue weighted by molar-refractivity contribution is -0.118. The van der Waals surface area contributed by atoms with Gasteiger partial charge in [0.25, 0.3) is 5.91 Å². The number of carbonyl (C=O) groups excluding carboxylic acids is 2. The molecule has 0 unspecified atom stereocenters. The number of para-hydroxylation sites is 1. The molecular formula is C20H24N2O3. The van der Waals surface area contributed by atoms with Crippen LogP contribution in [0.5, 0.6) is 5.75 Å². The molecule has 0 aliphatic carbocycles. The number of aryl methyl sites for hydroxylation is 1. The fourth-order valence-corrected chi connectivity index (χ4v) is 2.29. The van der Waals surface area contributed by atoms with E-state index in [1.54, 1.807) is 24.3 Å². The average Bonchev–Trinajstić information content (AvgIpc) is 2.59. The first-order chi connectivity index (χ1) is 12.1. The lowest BCUT2D eigenvalue weighted by atomic mass is 10.2. The van der Waals surface area contributed by atoms with Crippen LogP contribution < -0.4 is 15.4 Å². The van der Waals surface area contributed by atoms with Crippen molar-refractivity contribution >= 4 is 23.2 Å². The lowest BCUT2D eigenvalue weighted by Crippen LogP contribution is -2.20. The van der Waals surface area contributed by atoms with E-state index in [0.29, 0.717) is 23.5 Å². The second kappa shape index (κ2) is 9.47. The summed E-state index contributed by atoms with van der Waals surface area (Å²) < 4.78 is 5.53. The highest BCUT2D eigenvalue weighted by Crippen LogP contribution is 2.17. The van der Waals surface area contributed by atoms with Crippen molar-refractivity contribution in [2.75, 3.05) is 17.2 Å². The highest BCUT2D eigenvalue weighted by molar-refractivity contribution is 5.94. The Labute approximate surface area is 148 Å². The molecule has 25 heavy (non-hydrogen) atoms. The Balaban J connectivity index is 1.87. The summed E-state index contributed by atoms with van der Waals surface area (Å²) in [5.74, 6) is 0.417. The summed E-state index contributed by atoms with van der Waals surface area (Å²) in [5, 5.41) is 5.61. The highest BCUT2D eigenvalue weighted by atomic mass is 16.5. The van der Waals surface area contributed by atoms with Crippen LogP contribution >= 0.6 is 0 Å². The van der Waals surface area contributed by atoms with E-state index in [2.05, 4.69) is 10.6 Å². The molecular weight excluding hydrogens is 316 g/mol. The van der Waals surface area contributed by atoms with Crippen LogP contribution in [0.2, 0.25) is 0 Å². The van der Waals surface area contributed by atoms with Crippen LogP contribution in [0.4, 0.5) is 11.4 Å². The molecule has 2 aromatic carbocycles. The van der Waals surface area contributed by atoms with E-state index < -0.39 is 0 Å². The molecule has 0 bridgehead atoms. The number of hydrogen-bond donors (Lipinski definition) is 2. The summed E-state index contributed by atoms with van der Waals surface area (Å²) >= 11 is 0. The molecule has 0 saturated carbocycles. The van der Waals surface area contributed by atoms with Crippen molar-refractivity contribution in [1.29, 1.82) is 0 Å². The molecule has 2 N–H and O–H groups in total. The van der Waals surface area contributed by atoms with Gasteiger partial charge in [0.05, 0.1) is 0 Å². The van der Waals surface area contributed by atoms with Crippen LogP contribution in [0.15, 0.2) is 48.5 Å². The molecule has 0 saturated heterocycles. The SMILES string of the molecule is CCCCC(=O)Nc1cccc(NC(=O)COc2ccccc2C)c1. The molecule has 0 aliphatic rings. The number of carbonyl (C=O) groups is 2. The minimum atomic E-state index is -0.252. The second-order valence-corrected chi connectivity index (χ2v) is 5.83. The number of hydrogen-bond acceptors (Lipinski definition) is 3. The van der Waals surface area contributed by atoms with Gasteiger partial charge in [0.15, 0.2) is 6.61 Å². The van der Waals surface area contributed by atoms with Crippen LogP contribution in [-0.4, -0.2) is 18.4 Å². The topological polar surface area (TPSA) is 67.4 Å². The van der Waals surface area contributed by atoms with Crippen molar-refractivity contribution in [1.82, 2.24) is 0 Å². The standard InChI is InChI=1S/C20H24N2O3/c1-3-4-12-19(23)21-16-9-7-10-17(13-16)22-20(24)14-25-18-11-6-5-8-15(18)2/h5-11,13H,3-4,12,14H2,1-2H3,(H,21,23)(H,22,24). The number of nitrogens with one attached hydrogen (secondary N) is 2. The fraction of sp³-hybridized carbons (Fsp3) is 0.300. The van der Waals surface area contributed by atoms with E-state index in [1.807, 2.05) is 38.1 Å². The Hall–Kier alpha value is -2.82. The zero-order chi connectivity index (χ0) is 18.1. The lowest BCUT2D eigenvalue weighted by Gasteiger charge is -2.10. The predicted molar refractivity (Wildman–Crippen MR) is 99.9 cm³/mol. The number of unbranched alkanes of at least 4 members (excludes halogenated alkanes) is 1. The van der Waals surface area contributed by atoms with E-state index in [4.69, 9.17) is 4.74 Å². The Kier molecular flexibility index (Phi) is 7.01. The van der Waals surface area contributed by atoms with Gasteiger partial charge in [-0.15, -0.1) is 0 Å². The van der Waals surface area contributed by atoms with Gasteiger partial charge in [0.2, 0.25) is 5.91 Å². The normalized spacial score (nSPS) is 10.2. The summed E-state index contributed by atoms with van der Waals surface area (Å²) in [4.78, 5) is 23.8. The van der Waals surface area contributed by atoms with Crippen molar-refractivity contribution in [3.63, 3.8) is 0 Å². The van der Waals surface area contributed by atoms with Crippen LogP contribution in [0.1, 0.15) is 31.7 Å². The van der Waals surface area contributed by atoms with Gasteiger partial charge in [0, 0.05) is 17.8 Å². The Morgan fingerprint density at radius 3 is 2.32 bits per heavy atom. The van der Waals surface area contributed by atoms with Gasteiger partial charge < -0.3 is 15.4 Å². The van der Waals surface area contributed by atoms with E-state index in [9.17, 15) is 9.59 Å². The number of anilines is 2. The van der Waals surface area contributed by atoms with Gasteiger partial charge in [-0.1, -0.05) is 37.6 Å². The molecule has 5 nitrogen and oxygen atoms in total. The molecule has 0 aromatic heterocycles. The van der Waals surface area contributed by atoms with Crippen LogP contribution in [0.25, 0.3) is 0 Å². The van der Waals surface area contributed by atoms with Crippen molar-refractivity contribution in [3.05, 3.63) is 54.1 Å². The number of ether oxygens (including phenoxy) is 1. The van der Waals surface area contributed by atoms with Gasteiger partial charge in [0.1, 0.15) is 5.75 Å². The smallest absolute Gasteiger partial charge is 0.262 e. The zero-order valence-corrected chi connectivity index (χ0v) is 14.7. The van der Waals surface area contributed by atoms with Gasteiger partial charge in [-0.2, -0.15) is 0 Å². The van der Waals surface area contributed by atoms with Gasteiger partial charge >= 0.3 is 0 Å². The Morgan fingerprint density at radius 1 is 0.960 bits per heavy atom. The van der Waals surface area contributed by atoms with E-state index in [-0.39, 0.29) is 18.4 Å². The van der Waals surface area contributed by atoms with E-state index in [1.165, 1.54) is 0 Å². The highest BCUT2D eigenvalue weighted by Gasteiger charge is 2.07. The molecule has 0 heterocycles. The maximum Gasteiger partial charge on any atom is 0.262 e. The van der Waals surface area contributed by atoms with Gasteiger partial charge in [-0.05, 0) is 43.2 Å². The number of benzene rings is 2. The van der Waals surface area contributed by atoms with Crippen LogP contribution in [0, 0.1) is 6.92 Å². The van der Waals surface area contributed by atoms with Crippen molar-refractivity contribution in [2.24, 2.45) is 0 Å². The van der Waals surface area contributed by atoms with E-state index in [0.717, 1.165) is 18.4 Å². The first-order valence-corrected chi connectivity index (χ1v) is 8.46. The monoisotopic (exact) mass is 340 g/mol. The first kappa shape index (κ1) is 18.5. The maximum atomic E-state index is 12.0. The van der Waals surface area contributed by atoms with Crippen molar-refractivity contribution in [2.45, 2.75) is 33.1 Å². The third-order valence-electron chi connectivity index (χ3n) is 3.64. The third kappa shape index (κ3) is 6.30. The molecule has 2 rings (SSSR count). The van der Waals surface area contributed by atoms with Crippen LogP contribution in [-0.2, 0) is 9.59 Å². The summed E-state index contributed by atoms with van der Waals surface area (Å²) in [7, 11) is 0. The van der Waals surface area contributed by atoms with Crippen LogP contribution in [0.3, 0.4) is 0 Å². The molecule has 0 atom stereocenters. The average molecular weight is 340 g/mol. The Bertz CT molecular complexity index is 728. The summed E-state index contributed by atoms with van der Waals surface area (Å²) in [6, 6.07) is 14.6. The van der Waals surface area contributed by atoms with Crippen molar-refractivity contribution < 1.29 is 14.3 Å². The van der Waals surface area contributed by atoms with Gasteiger partial charge in [-0.3, -0.25) is 9.59 Å². The molecule has 2 aromatic rings. The summed E-state index contributed by atoms with van der Waals surface area (Å²) in [5.41, 5.74) is 2.26. The van der Waals surface area contributed by atoms with Crippen molar-refractivity contribution in [3.8, 4) is 5.75 Å². The third-order valence-corrected chi connectivity index (χ3v) is 3.64. The predicted octanol–water partition coefficient (Wildman–Crippen LogP) is 4.14.